The topological polar surface area (TPSA) is 34.1 Å². The molecular weight excluding hydrogens is 317 g/mol. The van der Waals surface area contributed by atoms with Crippen LogP contribution in [-0.4, -0.2) is 17.7 Å². The van der Waals surface area contributed by atoms with E-state index in [9.17, 15) is 22.8 Å². The average Bonchev–Trinajstić information content (AvgIpc) is 2.16. The van der Waals surface area contributed by atoms with Gasteiger partial charge in [0.2, 0.25) is 5.78 Å². The van der Waals surface area contributed by atoms with Crippen molar-refractivity contribution >= 4 is 11.6 Å². The van der Waals surface area contributed by atoms with Gasteiger partial charge in [-0.3, -0.25) is 9.59 Å². The second kappa shape index (κ2) is 5.98. The Hall–Kier alpha value is -0.910. The zero-order chi connectivity index (χ0) is 11.5. The Bertz CT molecular complexity index is 373. The van der Waals surface area contributed by atoms with Crippen LogP contribution in [0.5, 0.6) is 0 Å². The molecule has 0 aliphatic rings. The number of rotatable bonds is 3. The van der Waals surface area contributed by atoms with Crippen molar-refractivity contribution in [2.24, 2.45) is 0 Å². The van der Waals surface area contributed by atoms with E-state index in [0.717, 1.165) is 0 Å². The van der Waals surface area contributed by atoms with Crippen LogP contribution in [-0.2, 0) is 38.4 Å². The van der Waals surface area contributed by atoms with Gasteiger partial charge in [0.15, 0.2) is 0 Å². The molecule has 0 aliphatic carbocycles. The molecule has 0 bridgehead atoms. The molecular formula is C10H7AgF3O2. The molecule has 0 spiro atoms. The first-order valence-electron chi connectivity index (χ1n) is 4.09. The summed E-state index contributed by atoms with van der Waals surface area (Å²) in [6.45, 7) is 0. The maximum absolute atomic E-state index is 11.8. The van der Waals surface area contributed by atoms with E-state index in [1.165, 1.54) is 12.1 Å². The van der Waals surface area contributed by atoms with Gasteiger partial charge < -0.3 is 0 Å². The van der Waals surface area contributed by atoms with Gasteiger partial charge in [-0.05, 0) is 5.56 Å². The molecule has 0 unspecified atom stereocenters. The van der Waals surface area contributed by atoms with E-state index < -0.39 is 24.2 Å². The predicted molar refractivity (Wildman–Crippen MR) is 46.2 cm³/mol. The second-order valence-electron chi connectivity index (χ2n) is 2.91. The van der Waals surface area contributed by atoms with Crippen LogP contribution in [0, 0.1) is 0 Å². The van der Waals surface area contributed by atoms with E-state index in [1.807, 2.05) is 0 Å². The third-order valence-corrected chi connectivity index (χ3v) is 1.72. The minimum absolute atomic E-state index is 0. The minimum Gasteiger partial charge on any atom is -0.290 e. The maximum Gasteiger partial charge on any atom is 0.458 e. The largest absolute Gasteiger partial charge is 0.458 e. The number of benzene rings is 1. The molecule has 0 saturated carbocycles. The normalized spacial score (nSPS) is 10.4. The van der Waals surface area contributed by atoms with Crippen LogP contribution in [0.1, 0.15) is 5.56 Å². The SMILES string of the molecule is O=C(Cc1ccccc1)C(=O)C(F)(F)F.[Ag]. The summed E-state index contributed by atoms with van der Waals surface area (Å²) >= 11 is 0. The van der Waals surface area contributed by atoms with E-state index in [0.29, 0.717) is 5.56 Å². The van der Waals surface area contributed by atoms with E-state index in [-0.39, 0.29) is 22.4 Å². The van der Waals surface area contributed by atoms with Crippen LogP contribution in [0.15, 0.2) is 30.3 Å². The molecule has 0 fully saturated rings. The first-order valence-corrected chi connectivity index (χ1v) is 4.09. The van der Waals surface area contributed by atoms with Gasteiger partial charge in [-0.25, -0.2) is 0 Å². The molecule has 0 aliphatic heterocycles. The third kappa shape index (κ3) is 4.30. The second-order valence-corrected chi connectivity index (χ2v) is 2.91. The van der Waals surface area contributed by atoms with Gasteiger partial charge in [-0.1, -0.05) is 30.3 Å². The molecule has 1 rings (SSSR count). The summed E-state index contributed by atoms with van der Waals surface area (Å²) in [5.74, 6) is -3.74. The number of carbonyl (C=O) groups excluding carboxylic acids is 2. The fraction of sp³-hybridized carbons (Fsp3) is 0.200. The number of hydrogen-bond acceptors (Lipinski definition) is 2. The zero-order valence-corrected chi connectivity index (χ0v) is 9.33. The summed E-state index contributed by atoms with van der Waals surface area (Å²) in [6.07, 6.45) is -5.59. The van der Waals surface area contributed by atoms with Crippen molar-refractivity contribution in [1.82, 2.24) is 0 Å². The molecule has 1 aromatic carbocycles. The summed E-state index contributed by atoms with van der Waals surface area (Å²) in [5.41, 5.74) is 0.389. The Morgan fingerprint density at radius 3 is 2.00 bits per heavy atom. The van der Waals surface area contributed by atoms with Crippen LogP contribution >= 0.6 is 0 Å². The standard InChI is InChI=1S/C10H7F3O2.Ag/c11-10(12,13)9(15)8(14)6-7-4-2-1-3-5-7;/h1-5H,6H2;. The van der Waals surface area contributed by atoms with Crippen LogP contribution < -0.4 is 0 Å². The zero-order valence-electron chi connectivity index (χ0n) is 7.85. The van der Waals surface area contributed by atoms with Gasteiger partial charge in [0.1, 0.15) is 0 Å². The molecule has 1 radical (unpaired) electrons. The average molecular weight is 324 g/mol. The maximum atomic E-state index is 11.8. The van der Waals surface area contributed by atoms with Crippen molar-refractivity contribution in [2.45, 2.75) is 12.6 Å². The van der Waals surface area contributed by atoms with E-state index in [4.69, 9.17) is 0 Å². The Morgan fingerprint density at radius 1 is 1.06 bits per heavy atom. The summed E-state index contributed by atoms with van der Waals surface area (Å²) < 4.78 is 35.5. The smallest absolute Gasteiger partial charge is 0.290 e. The fourth-order valence-electron chi connectivity index (χ4n) is 1.02. The van der Waals surface area contributed by atoms with Crippen molar-refractivity contribution in [2.75, 3.05) is 0 Å². The molecule has 91 valence electrons. The number of carbonyl (C=O) groups is 2. The van der Waals surface area contributed by atoms with Crippen molar-refractivity contribution < 1.29 is 45.1 Å². The fourth-order valence-corrected chi connectivity index (χ4v) is 1.02. The molecule has 0 saturated heterocycles. The molecule has 1 aromatic rings. The van der Waals surface area contributed by atoms with E-state index in [2.05, 4.69) is 0 Å². The first-order chi connectivity index (χ1) is 6.91. The van der Waals surface area contributed by atoms with Crippen molar-refractivity contribution in [1.29, 1.82) is 0 Å². The van der Waals surface area contributed by atoms with Gasteiger partial charge in [0.05, 0.1) is 0 Å². The van der Waals surface area contributed by atoms with Crippen LogP contribution in [0.25, 0.3) is 0 Å². The Labute approximate surface area is 105 Å². The van der Waals surface area contributed by atoms with Crippen molar-refractivity contribution in [3.05, 3.63) is 35.9 Å². The summed E-state index contributed by atoms with van der Waals surface area (Å²) in [5, 5.41) is 0. The molecule has 0 amide bonds. The van der Waals surface area contributed by atoms with Gasteiger partial charge in [-0.2, -0.15) is 13.2 Å². The summed E-state index contributed by atoms with van der Waals surface area (Å²) in [4.78, 5) is 21.4. The van der Waals surface area contributed by atoms with Crippen LogP contribution in [0.4, 0.5) is 13.2 Å². The van der Waals surface area contributed by atoms with Crippen LogP contribution in [0.3, 0.4) is 0 Å². The molecule has 16 heavy (non-hydrogen) atoms. The Morgan fingerprint density at radius 2 is 1.56 bits per heavy atom. The molecule has 0 heterocycles. The molecule has 0 aromatic heterocycles. The quantitative estimate of drug-likeness (QED) is 0.629. The number of Topliss-reactive ketones (excluding diaryl/α,β-unsaturated/α-hetero) is 2. The Kier molecular flexibility index (Phi) is 5.64. The molecule has 0 atom stereocenters. The van der Waals surface area contributed by atoms with Crippen molar-refractivity contribution in [3.8, 4) is 0 Å². The van der Waals surface area contributed by atoms with Crippen LogP contribution in [0.2, 0.25) is 0 Å². The van der Waals surface area contributed by atoms with Crippen molar-refractivity contribution in [3.63, 3.8) is 0 Å². The van der Waals surface area contributed by atoms with Gasteiger partial charge >= 0.3 is 12.0 Å². The van der Waals surface area contributed by atoms with E-state index >= 15 is 0 Å². The van der Waals surface area contributed by atoms with E-state index in [1.54, 1.807) is 18.2 Å². The van der Waals surface area contributed by atoms with Gasteiger partial charge in [0.25, 0.3) is 0 Å². The number of hydrogen-bond donors (Lipinski definition) is 0. The number of halogens is 3. The molecule has 6 heteroatoms. The van der Waals surface area contributed by atoms with Gasteiger partial charge in [0, 0.05) is 28.8 Å². The third-order valence-electron chi connectivity index (χ3n) is 1.72. The number of ketones is 2. The van der Waals surface area contributed by atoms with Gasteiger partial charge in [-0.15, -0.1) is 0 Å². The molecule has 0 N–H and O–H groups in total. The summed E-state index contributed by atoms with van der Waals surface area (Å²) in [6, 6.07) is 7.81. The predicted octanol–water partition coefficient (Wildman–Crippen LogP) is 1.93. The molecule has 2 nitrogen and oxygen atoms in total. The monoisotopic (exact) mass is 323 g/mol. The number of alkyl halides is 3. The first kappa shape index (κ1) is 15.1. The Balaban J connectivity index is 0.00000225. The minimum atomic E-state index is -5.08. The summed E-state index contributed by atoms with van der Waals surface area (Å²) in [7, 11) is 0.